The minimum atomic E-state index is -3.71. The normalized spacial score (nSPS) is 23.8. The number of aliphatic carboxylic acids is 1. The van der Waals surface area contributed by atoms with Crippen LogP contribution in [-0.2, 0) is 14.8 Å². The van der Waals surface area contributed by atoms with Crippen LogP contribution in [0.4, 0.5) is 0 Å². The van der Waals surface area contributed by atoms with Gasteiger partial charge < -0.3 is 10.4 Å². The van der Waals surface area contributed by atoms with E-state index >= 15 is 0 Å². The second-order valence-corrected chi connectivity index (χ2v) is 9.59. The lowest BCUT2D eigenvalue weighted by atomic mass is 9.98. The van der Waals surface area contributed by atoms with Crippen LogP contribution >= 0.6 is 11.8 Å². The average Bonchev–Trinajstić information content (AvgIpc) is 3.27. The van der Waals surface area contributed by atoms with E-state index in [4.69, 9.17) is 0 Å². The molecule has 1 heterocycles. The van der Waals surface area contributed by atoms with Crippen LogP contribution in [-0.4, -0.2) is 48.5 Å². The van der Waals surface area contributed by atoms with E-state index in [9.17, 15) is 23.1 Å². The van der Waals surface area contributed by atoms with E-state index in [0.717, 1.165) is 25.7 Å². The second kappa shape index (κ2) is 7.58. The largest absolute Gasteiger partial charge is 0.479 e. The number of carboxylic acids is 1. The minimum absolute atomic E-state index is 0.0159. The molecule has 1 aromatic rings. The van der Waals surface area contributed by atoms with Crippen LogP contribution in [0.5, 0.6) is 0 Å². The van der Waals surface area contributed by atoms with Gasteiger partial charge in [-0.25, -0.2) is 17.9 Å². The molecule has 26 heavy (non-hydrogen) atoms. The summed E-state index contributed by atoms with van der Waals surface area (Å²) in [5.41, 5.74) is -1.16. The number of thioether (sulfide) groups is 1. The van der Waals surface area contributed by atoms with Crippen molar-refractivity contribution >= 4 is 33.7 Å². The summed E-state index contributed by atoms with van der Waals surface area (Å²) in [6.45, 7) is 0. The first-order chi connectivity index (χ1) is 12.3. The van der Waals surface area contributed by atoms with E-state index in [1.807, 2.05) is 0 Å². The van der Waals surface area contributed by atoms with Gasteiger partial charge in [-0.3, -0.25) is 4.79 Å². The number of sulfonamides is 1. The van der Waals surface area contributed by atoms with Gasteiger partial charge in [-0.05, 0) is 43.2 Å². The standard InChI is InChI=1S/C17H22N2O5S2/c20-15(18-17(16(21)22)8-9-25-11-17)12-4-3-7-14(10-12)26(23,24)19-13-5-1-2-6-13/h3-4,7,10,13,19H,1-2,5-6,8-9,11H2,(H,18,20)(H,21,22). The molecule has 142 valence electrons. The molecule has 0 bridgehead atoms. The maximum absolute atomic E-state index is 12.5. The van der Waals surface area contributed by atoms with E-state index in [2.05, 4.69) is 10.0 Å². The van der Waals surface area contributed by atoms with Crippen molar-refractivity contribution in [2.75, 3.05) is 11.5 Å². The van der Waals surface area contributed by atoms with Gasteiger partial charge in [-0.2, -0.15) is 11.8 Å². The molecule has 1 aliphatic heterocycles. The number of amides is 1. The van der Waals surface area contributed by atoms with Crippen molar-refractivity contribution < 1.29 is 23.1 Å². The van der Waals surface area contributed by atoms with Gasteiger partial charge in [0.15, 0.2) is 0 Å². The van der Waals surface area contributed by atoms with Gasteiger partial charge in [-0.1, -0.05) is 18.9 Å². The lowest BCUT2D eigenvalue weighted by Gasteiger charge is -2.24. The number of benzene rings is 1. The second-order valence-electron chi connectivity index (χ2n) is 6.77. The Bertz CT molecular complexity index is 797. The third kappa shape index (κ3) is 4.05. The highest BCUT2D eigenvalue weighted by molar-refractivity contribution is 7.99. The SMILES string of the molecule is O=C(NC1(C(=O)O)CCSC1)c1cccc(S(=O)(=O)NC2CCCC2)c1. The van der Waals surface area contributed by atoms with Crippen LogP contribution < -0.4 is 10.0 Å². The Morgan fingerprint density at radius 1 is 1.23 bits per heavy atom. The molecule has 1 saturated carbocycles. The van der Waals surface area contributed by atoms with Crippen LogP contribution in [0.2, 0.25) is 0 Å². The Kier molecular flexibility index (Phi) is 5.59. The van der Waals surface area contributed by atoms with E-state index in [0.29, 0.717) is 17.9 Å². The molecule has 2 aliphatic rings. The molecule has 0 radical (unpaired) electrons. The number of hydrogen-bond acceptors (Lipinski definition) is 5. The molecule has 3 N–H and O–H groups in total. The van der Waals surface area contributed by atoms with Gasteiger partial charge >= 0.3 is 5.97 Å². The van der Waals surface area contributed by atoms with E-state index in [1.54, 1.807) is 0 Å². The fraction of sp³-hybridized carbons (Fsp3) is 0.529. The lowest BCUT2D eigenvalue weighted by molar-refractivity contribution is -0.143. The Hall–Kier alpha value is -1.58. The van der Waals surface area contributed by atoms with Crippen LogP contribution in [0, 0.1) is 0 Å². The molecule has 0 spiro atoms. The third-order valence-electron chi connectivity index (χ3n) is 4.87. The Morgan fingerprint density at radius 2 is 1.96 bits per heavy atom. The summed E-state index contributed by atoms with van der Waals surface area (Å²) in [5, 5.41) is 12.1. The summed E-state index contributed by atoms with van der Waals surface area (Å²) in [5.74, 6) is -0.683. The molecule has 1 amide bonds. The fourth-order valence-electron chi connectivity index (χ4n) is 3.31. The van der Waals surface area contributed by atoms with Gasteiger partial charge in [0.2, 0.25) is 10.0 Å². The van der Waals surface area contributed by atoms with Gasteiger partial charge in [0.1, 0.15) is 5.54 Å². The fourth-order valence-corrected chi connectivity index (χ4v) is 5.99. The van der Waals surface area contributed by atoms with Crippen LogP contribution in [0.25, 0.3) is 0 Å². The summed E-state index contributed by atoms with van der Waals surface area (Å²) in [6, 6.07) is 5.65. The summed E-state index contributed by atoms with van der Waals surface area (Å²) >= 11 is 1.47. The minimum Gasteiger partial charge on any atom is -0.479 e. The summed E-state index contributed by atoms with van der Waals surface area (Å²) < 4.78 is 27.8. The Balaban J connectivity index is 1.78. The summed E-state index contributed by atoms with van der Waals surface area (Å²) in [6.07, 6.45) is 3.99. The zero-order valence-corrected chi connectivity index (χ0v) is 15.9. The first kappa shape index (κ1) is 19.2. The number of hydrogen-bond donors (Lipinski definition) is 3. The van der Waals surface area contributed by atoms with Crippen molar-refractivity contribution in [1.82, 2.24) is 10.0 Å². The van der Waals surface area contributed by atoms with E-state index in [-0.39, 0.29) is 16.5 Å². The monoisotopic (exact) mass is 398 g/mol. The smallest absolute Gasteiger partial charge is 0.330 e. The Morgan fingerprint density at radius 3 is 2.58 bits per heavy atom. The van der Waals surface area contributed by atoms with Crippen molar-refractivity contribution in [3.8, 4) is 0 Å². The van der Waals surface area contributed by atoms with Crippen molar-refractivity contribution in [2.24, 2.45) is 0 Å². The molecule has 1 unspecified atom stereocenters. The Labute approximate surface area is 157 Å². The zero-order valence-electron chi connectivity index (χ0n) is 14.2. The van der Waals surface area contributed by atoms with Gasteiger partial charge in [0.05, 0.1) is 4.90 Å². The molecule has 7 nitrogen and oxygen atoms in total. The first-order valence-electron chi connectivity index (χ1n) is 8.58. The molecule has 2 fully saturated rings. The number of rotatable bonds is 6. The van der Waals surface area contributed by atoms with E-state index in [1.165, 1.54) is 36.0 Å². The summed E-state index contributed by atoms with van der Waals surface area (Å²) in [4.78, 5) is 24.1. The molecular formula is C17H22N2O5S2. The molecule has 1 saturated heterocycles. The van der Waals surface area contributed by atoms with Crippen LogP contribution in [0.1, 0.15) is 42.5 Å². The van der Waals surface area contributed by atoms with Gasteiger partial charge in [-0.15, -0.1) is 0 Å². The molecular weight excluding hydrogens is 376 g/mol. The molecule has 1 aromatic carbocycles. The zero-order chi connectivity index (χ0) is 18.8. The van der Waals surface area contributed by atoms with Gasteiger partial charge in [0, 0.05) is 17.4 Å². The predicted octanol–water partition coefficient (Wildman–Crippen LogP) is 1.60. The van der Waals surface area contributed by atoms with Crippen LogP contribution in [0.15, 0.2) is 29.2 Å². The van der Waals surface area contributed by atoms with Gasteiger partial charge in [0.25, 0.3) is 5.91 Å². The average molecular weight is 399 g/mol. The van der Waals surface area contributed by atoms with Crippen molar-refractivity contribution in [3.63, 3.8) is 0 Å². The molecule has 0 aromatic heterocycles. The van der Waals surface area contributed by atoms with Crippen molar-refractivity contribution in [1.29, 1.82) is 0 Å². The lowest BCUT2D eigenvalue weighted by Crippen LogP contribution is -2.54. The third-order valence-corrected chi connectivity index (χ3v) is 7.58. The quantitative estimate of drug-likeness (QED) is 0.671. The van der Waals surface area contributed by atoms with Crippen molar-refractivity contribution in [2.45, 2.75) is 48.6 Å². The van der Waals surface area contributed by atoms with E-state index < -0.39 is 27.4 Å². The number of carboxylic acid groups (broad SMARTS) is 1. The molecule has 3 rings (SSSR count). The topological polar surface area (TPSA) is 113 Å². The predicted molar refractivity (Wildman–Crippen MR) is 98.8 cm³/mol. The van der Waals surface area contributed by atoms with Crippen molar-refractivity contribution in [3.05, 3.63) is 29.8 Å². The number of carbonyl (C=O) groups is 2. The number of carbonyl (C=O) groups excluding carboxylic acids is 1. The highest BCUT2D eigenvalue weighted by atomic mass is 32.2. The highest BCUT2D eigenvalue weighted by Gasteiger charge is 2.43. The highest BCUT2D eigenvalue weighted by Crippen LogP contribution is 2.29. The molecule has 1 aliphatic carbocycles. The summed E-state index contributed by atoms with van der Waals surface area (Å²) in [7, 11) is -3.71. The maximum atomic E-state index is 12.5. The number of nitrogens with one attached hydrogen (secondary N) is 2. The molecule has 9 heteroatoms. The first-order valence-corrected chi connectivity index (χ1v) is 11.2. The van der Waals surface area contributed by atoms with Crippen LogP contribution in [0.3, 0.4) is 0 Å². The maximum Gasteiger partial charge on any atom is 0.330 e. The molecule has 1 atom stereocenters.